The third-order valence-corrected chi connectivity index (χ3v) is 1.74. The Morgan fingerprint density at radius 2 is 2.38 bits per heavy atom. The fourth-order valence-corrected chi connectivity index (χ4v) is 0.810. The van der Waals surface area contributed by atoms with E-state index in [4.69, 9.17) is 5.41 Å². The molecule has 0 spiro atoms. The quantitative estimate of drug-likeness (QED) is 0.531. The molecule has 0 aliphatic heterocycles. The van der Waals surface area contributed by atoms with Gasteiger partial charge in [0.2, 0.25) is 0 Å². The molecular weight excluding hydrogens is 168 g/mol. The number of hydrogen-bond acceptors (Lipinski definition) is 3. The highest BCUT2D eigenvalue weighted by molar-refractivity contribution is 5.86. The Labute approximate surface area is 76.5 Å². The van der Waals surface area contributed by atoms with E-state index in [1.54, 1.807) is 31.3 Å². The Morgan fingerprint density at radius 1 is 1.69 bits per heavy atom. The van der Waals surface area contributed by atoms with E-state index in [9.17, 15) is 4.79 Å². The third kappa shape index (κ3) is 2.40. The maximum absolute atomic E-state index is 11.4. The fraction of sp³-hybridized carbons (Fsp3) is 0.375. The van der Waals surface area contributed by atoms with Crippen molar-refractivity contribution in [3.05, 3.63) is 18.7 Å². The first kappa shape index (κ1) is 9.44. The summed E-state index contributed by atoms with van der Waals surface area (Å²) in [5.41, 5.74) is 0. The fourth-order valence-electron chi connectivity index (χ4n) is 0.810. The smallest absolute Gasteiger partial charge is 0.251 e. The van der Waals surface area contributed by atoms with Gasteiger partial charge in [-0.15, -0.1) is 0 Å². The van der Waals surface area contributed by atoms with E-state index in [0.29, 0.717) is 5.84 Å². The van der Waals surface area contributed by atoms with Gasteiger partial charge in [-0.2, -0.15) is 0 Å². The SMILES string of the molecule is CC(=N)N(C)CC(=O)n1ccnc1. The van der Waals surface area contributed by atoms with Crippen LogP contribution in [0.5, 0.6) is 0 Å². The molecule has 1 heterocycles. The van der Waals surface area contributed by atoms with Gasteiger partial charge in [0.25, 0.3) is 5.91 Å². The van der Waals surface area contributed by atoms with Crippen LogP contribution in [-0.2, 0) is 0 Å². The van der Waals surface area contributed by atoms with Gasteiger partial charge in [0.15, 0.2) is 0 Å². The standard InChI is InChI=1S/C8H12N4O/c1-7(9)11(2)5-8(13)12-4-3-10-6-12/h3-4,6,9H,5H2,1-2H3. The number of imidazole rings is 1. The Morgan fingerprint density at radius 3 is 2.85 bits per heavy atom. The van der Waals surface area contributed by atoms with Crippen molar-refractivity contribution in [3.63, 3.8) is 0 Å². The number of carbonyl (C=O) groups is 1. The van der Waals surface area contributed by atoms with E-state index in [1.807, 2.05) is 0 Å². The number of rotatable bonds is 2. The second-order valence-electron chi connectivity index (χ2n) is 2.81. The molecule has 1 aromatic rings. The van der Waals surface area contributed by atoms with E-state index < -0.39 is 0 Å². The van der Waals surface area contributed by atoms with Crippen molar-refractivity contribution in [2.75, 3.05) is 13.6 Å². The van der Waals surface area contributed by atoms with Crippen LogP contribution in [0.2, 0.25) is 0 Å². The monoisotopic (exact) mass is 180 g/mol. The summed E-state index contributed by atoms with van der Waals surface area (Å²) in [5.74, 6) is 0.278. The minimum atomic E-state index is -0.0911. The van der Waals surface area contributed by atoms with Gasteiger partial charge in [0.1, 0.15) is 6.33 Å². The molecule has 0 unspecified atom stereocenters. The summed E-state index contributed by atoms with van der Waals surface area (Å²) in [7, 11) is 1.71. The molecular formula is C8H12N4O. The predicted molar refractivity (Wildman–Crippen MR) is 48.9 cm³/mol. The zero-order valence-electron chi connectivity index (χ0n) is 7.69. The molecule has 1 aromatic heterocycles. The zero-order valence-corrected chi connectivity index (χ0v) is 7.69. The average molecular weight is 180 g/mol. The highest BCUT2D eigenvalue weighted by Crippen LogP contribution is 1.90. The lowest BCUT2D eigenvalue weighted by Gasteiger charge is -2.15. The summed E-state index contributed by atoms with van der Waals surface area (Å²) in [6.45, 7) is 1.84. The Bertz CT molecular complexity index is 304. The van der Waals surface area contributed by atoms with Crippen LogP contribution in [0.3, 0.4) is 0 Å². The predicted octanol–water partition coefficient (Wildman–Crippen LogP) is 0.452. The summed E-state index contributed by atoms with van der Waals surface area (Å²) in [5, 5.41) is 7.27. The molecule has 0 aliphatic rings. The van der Waals surface area contributed by atoms with Crippen LogP contribution in [-0.4, -0.2) is 39.8 Å². The van der Waals surface area contributed by atoms with Gasteiger partial charge in [-0.25, -0.2) is 4.98 Å². The minimum absolute atomic E-state index is 0.0911. The maximum Gasteiger partial charge on any atom is 0.251 e. The molecule has 0 amide bonds. The highest BCUT2D eigenvalue weighted by atomic mass is 16.2. The topological polar surface area (TPSA) is 62.0 Å². The number of amidine groups is 1. The van der Waals surface area contributed by atoms with Crippen molar-refractivity contribution < 1.29 is 4.79 Å². The molecule has 5 heteroatoms. The van der Waals surface area contributed by atoms with Crippen molar-refractivity contribution in [1.82, 2.24) is 14.5 Å². The summed E-state index contributed by atoms with van der Waals surface area (Å²) < 4.78 is 1.40. The largest absolute Gasteiger partial charge is 0.355 e. The molecule has 0 aliphatic carbocycles. The number of nitrogens with zero attached hydrogens (tertiary/aromatic N) is 3. The van der Waals surface area contributed by atoms with E-state index >= 15 is 0 Å². The lowest BCUT2D eigenvalue weighted by Crippen LogP contribution is -2.31. The van der Waals surface area contributed by atoms with Crippen LogP contribution in [0, 0.1) is 5.41 Å². The van der Waals surface area contributed by atoms with Crippen LogP contribution < -0.4 is 0 Å². The molecule has 1 N–H and O–H groups in total. The highest BCUT2D eigenvalue weighted by Gasteiger charge is 2.07. The number of likely N-dealkylation sites (N-methyl/N-ethyl adjacent to an activating group) is 1. The molecule has 5 nitrogen and oxygen atoms in total. The van der Waals surface area contributed by atoms with E-state index in [-0.39, 0.29) is 12.5 Å². The van der Waals surface area contributed by atoms with Crippen LogP contribution in [0.25, 0.3) is 0 Å². The third-order valence-electron chi connectivity index (χ3n) is 1.74. The number of nitrogens with one attached hydrogen (secondary N) is 1. The van der Waals surface area contributed by atoms with Gasteiger partial charge in [-0.3, -0.25) is 14.8 Å². The molecule has 1 rings (SSSR count). The zero-order chi connectivity index (χ0) is 9.84. The van der Waals surface area contributed by atoms with E-state index in [2.05, 4.69) is 4.98 Å². The number of aromatic nitrogens is 2. The van der Waals surface area contributed by atoms with Crippen molar-refractivity contribution in [1.29, 1.82) is 5.41 Å². The molecule has 0 bridgehead atoms. The average Bonchev–Trinajstić information content (AvgIpc) is 2.55. The van der Waals surface area contributed by atoms with Crippen molar-refractivity contribution in [3.8, 4) is 0 Å². The summed E-state index contributed by atoms with van der Waals surface area (Å²) in [6.07, 6.45) is 4.60. The number of hydrogen-bond donors (Lipinski definition) is 1. The lowest BCUT2D eigenvalue weighted by molar-refractivity contribution is 0.0889. The summed E-state index contributed by atoms with van der Waals surface area (Å²) in [4.78, 5) is 16.7. The van der Waals surface area contributed by atoms with Gasteiger partial charge in [0, 0.05) is 19.4 Å². The van der Waals surface area contributed by atoms with Crippen LogP contribution in [0.4, 0.5) is 0 Å². The first-order valence-electron chi connectivity index (χ1n) is 3.88. The molecule has 70 valence electrons. The second kappa shape index (κ2) is 3.84. The van der Waals surface area contributed by atoms with E-state index in [0.717, 1.165) is 0 Å². The number of carbonyl (C=O) groups excluding carboxylic acids is 1. The van der Waals surface area contributed by atoms with Gasteiger partial charge in [-0.05, 0) is 6.92 Å². The van der Waals surface area contributed by atoms with Crippen molar-refractivity contribution in [2.24, 2.45) is 0 Å². The molecule has 0 aromatic carbocycles. The first-order chi connectivity index (χ1) is 6.11. The molecule has 0 atom stereocenters. The van der Waals surface area contributed by atoms with Gasteiger partial charge < -0.3 is 4.90 Å². The van der Waals surface area contributed by atoms with E-state index in [1.165, 1.54) is 10.9 Å². The van der Waals surface area contributed by atoms with Gasteiger partial charge in [0.05, 0.1) is 12.4 Å². The van der Waals surface area contributed by atoms with Crippen molar-refractivity contribution >= 4 is 11.7 Å². The van der Waals surface area contributed by atoms with Crippen LogP contribution in [0.15, 0.2) is 18.7 Å². The molecule has 0 radical (unpaired) electrons. The lowest BCUT2D eigenvalue weighted by atomic mass is 10.5. The molecule has 0 saturated carbocycles. The normalized spacial score (nSPS) is 9.69. The minimum Gasteiger partial charge on any atom is -0.355 e. The molecule has 13 heavy (non-hydrogen) atoms. The Hall–Kier alpha value is -1.65. The van der Waals surface area contributed by atoms with Crippen LogP contribution >= 0.6 is 0 Å². The summed E-state index contributed by atoms with van der Waals surface area (Å²) in [6, 6.07) is 0. The maximum atomic E-state index is 11.4. The first-order valence-corrected chi connectivity index (χ1v) is 3.88. The van der Waals surface area contributed by atoms with Gasteiger partial charge >= 0.3 is 0 Å². The van der Waals surface area contributed by atoms with Crippen LogP contribution in [0.1, 0.15) is 11.7 Å². The Kier molecular flexibility index (Phi) is 2.79. The molecule has 0 fully saturated rings. The Balaban J connectivity index is 2.56. The van der Waals surface area contributed by atoms with Gasteiger partial charge in [-0.1, -0.05) is 0 Å². The summed E-state index contributed by atoms with van der Waals surface area (Å²) >= 11 is 0. The van der Waals surface area contributed by atoms with Crippen molar-refractivity contribution in [2.45, 2.75) is 6.92 Å². The molecule has 0 saturated heterocycles. The second-order valence-corrected chi connectivity index (χ2v) is 2.81.